The lowest BCUT2D eigenvalue weighted by Gasteiger charge is -2.10. The summed E-state index contributed by atoms with van der Waals surface area (Å²) in [7, 11) is 1.47. The van der Waals surface area contributed by atoms with Gasteiger partial charge in [-0.3, -0.25) is 4.79 Å². The minimum atomic E-state index is -0.343. The molecule has 0 radical (unpaired) electrons. The molecule has 3 aromatic rings. The Labute approximate surface area is 124 Å². The lowest BCUT2D eigenvalue weighted by atomic mass is 10.0. The number of oxime groups is 1. The lowest BCUT2D eigenvalue weighted by Crippen LogP contribution is -2.10. The first kappa shape index (κ1) is 13.9. The van der Waals surface area contributed by atoms with Crippen LogP contribution in [0.15, 0.2) is 50.0 Å². The van der Waals surface area contributed by atoms with Crippen molar-refractivity contribution in [2.24, 2.45) is 5.16 Å². The van der Waals surface area contributed by atoms with E-state index in [1.54, 1.807) is 12.1 Å². The van der Waals surface area contributed by atoms with E-state index in [1.165, 1.54) is 19.6 Å². The monoisotopic (exact) mass is 299 g/mol. The standard InChI is InChI=1S/C16H13NO5/c1-3-4-10-14-11(5-6-21-14)15(20-2)12-13(18)9(7-17-19)8-22-16(10)12/h3,5-8,19H,1,4H2,2H3/b17-7+. The van der Waals surface area contributed by atoms with Crippen molar-refractivity contribution in [3.05, 3.63) is 52.6 Å². The third kappa shape index (κ3) is 1.88. The summed E-state index contributed by atoms with van der Waals surface area (Å²) in [6.45, 7) is 3.72. The summed E-state index contributed by atoms with van der Waals surface area (Å²) in [5.41, 5.74) is 1.47. The zero-order valence-electron chi connectivity index (χ0n) is 11.8. The van der Waals surface area contributed by atoms with Gasteiger partial charge in [-0.2, -0.15) is 0 Å². The van der Waals surface area contributed by atoms with E-state index in [1.807, 2.05) is 0 Å². The molecule has 0 unspecified atom stereocenters. The maximum absolute atomic E-state index is 12.6. The maximum Gasteiger partial charge on any atom is 0.205 e. The molecule has 3 rings (SSSR count). The summed E-state index contributed by atoms with van der Waals surface area (Å²) < 4.78 is 16.5. The summed E-state index contributed by atoms with van der Waals surface area (Å²) in [4.78, 5) is 12.6. The Morgan fingerprint density at radius 3 is 2.91 bits per heavy atom. The third-order valence-electron chi connectivity index (χ3n) is 3.45. The number of nitrogens with zero attached hydrogens (tertiary/aromatic N) is 1. The van der Waals surface area contributed by atoms with Crippen LogP contribution in [0.3, 0.4) is 0 Å². The topological polar surface area (TPSA) is 85.2 Å². The van der Waals surface area contributed by atoms with Crippen molar-refractivity contribution in [3.63, 3.8) is 0 Å². The highest BCUT2D eigenvalue weighted by atomic mass is 16.5. The van der Waals surface area contributed by atoms with Crippen molar-refractivity contribution < 1.29 is 18.8 Å². The molecule has 0 bridgehead atoms. The molecule has 112 valence electrons. The van der Waals surface area contributed by atoms with Gasteiger partial charge in [0.25, 0.3) is 0 Å². The van der Waals surface area contributed by atoms with Gasteiger partial charge in [0.05, 0.1) is 30.5 Å². The van der Waals surface area contributed by atoms with Crippen molar-refractivity contribution in [2.45, 2.75) is 6.42 Å². The zero-order valence-corrected chi connectivity index (χ0v) is 11.8. The van der Waals surface area contributed by atoms with E-state index < -0.39 is 0 Å². The first-order chi connectivity index (χ1) is 10.7. The van der Waals surface area contributed by atoms with Crippen LogP contribution in [0.2, 0.25) is 0 Å². The molecule has 22 heavy (non-hydrogen) atoms. The van der Waals surface area contributed by atoms with Gasteiger partial charge >= 0.3 is 0 Å². The van der Waals surface area contributed by atoms with E-state index in [2.05, 4.69) is 11.7 Å². The normalized spacial score (nSPS) is 11.5. The van der Waals surface area contributed by atoms with E-state index in [4.69, 9.17) is 18.8 Å². The summed E-state index contributed by atoms with van der Waals surface area (Å²) in [5, 5.41) is 12.5. The average Bonchev–Trinajstić information content (AvgIpc) is 3.00. The molecule has 0 saturated heterocycles. The number of ether oxygens (including phenoxy) is 1. The summed E-state index contributed by atoms with van der Waals surface area (Å²) in [6.07, 6.45) is 5.97. The predicted molar refractivity (Wildman–Crippen MR) is 82.1 cm³/mol. The van der Waals surface area contributed by atoms with Crippen LogP contribution in [-0.2, 0) is 6.42 Å². The number of rotatable bonds is 4. The van der Waals surface area contributed by atoms with Crippen molar-refractivity contribution in [2.75, 3.05) is 7.11 Å². The minimum Gasteiger partial charge on any atom is -0.495 e. The van der Waals surface area contributed by atoms with E-state index in [0.29, 0.717) is 28.7 Å². The molecule has 6 nitrogen and oxygen atoms in total. The zero-order chi connectivity index (χ0) is 15.7. The second kappa shape index (κ2) is 5.40. The highest BCUT2D eigenvalue weighted by molar-refractivity contribution is 6.05. The fraction of sp³-hybridized carbons (Fsp3) is 0.125. The summed E-state index contributed by atoms with van der Waals surface area (Å²) >= 11 is 0. The number of fused-ring (bicyclic) bond motifs is 2. The molecule has 0 aliphatic rings. The third-order valence-corrected chi connectivity index (χ3v) is 3.45. The number of hydrogen-bond acceptors (Lipinski definition) is 6. The molecule has 0 aliphatic carbocycles. The SMILES string of the molecule is C=CCc1c2occc2c(OC)c2c(=O)c(/C=N/O)coc12. The highest BCUT2D eigenvalue weighted by Crippen LogP contribution is 2.37. The van der Waals surface area contributed by atoms with Gasteiger partial charge in [0, 0.05) is 5.56 Å². The van der Waals surface area contributed by atoms with Gasteiger partial charge in [-0.15, -0.1) is 6.58 Å². The number of methoxy groups -OCH3 is 1. The van der Waals surface area contributed by atoms with Crippen LogP contribution < -0.4 is 10.2 Å². The van der Waals surface area contributed by atoms with Crippen LogP contribution in [-0.4, -0.2) is 18.5 Å². The smallest absolute Gasteiger partial charge is 0.205 e. The first-order valence-electron chi connectivity index (χ1n) is 6.52. The van der Waals surface area contributed by atoms with Crippen LogP contribution in [0, 0.1) is 0 Å². The number of allylic oxidation sites excluding steroid dienone is 1. The number of hydrogen-bond donors (Lipinski definition) is 1. The minimum absolute atomic E-state index is 0.126. The fourth-order valence-electron chi connectivity index (χ4n) is 2.56. The van der Waals surface area contributed by atoms with Gasteiger partial charge in [-0.05, 0) is 12.5 Å². The second-order valence-corrected chi connectivity index (χ2v) is 4.64. The van der Waals surface area contributed by atoms with Crippen molar-refractivity contribution in [3.8, 4) is 5.75 Å². The highest BCUT2D eigenvalue weighted by Gasteiger charge is 2.21. The number of benzene rings is 1. The molecule has 0 atom stereocenters. The Hall–Kier alpha value is -3.02. The Bertz CT molecular complexity index is 948. The molecule has 0 spiro atoms. The van der Waals surface area contributed by atoms with Crippen molar-refractivity contribution >= 4 is 28.2 Å². The molecule has 0 aliphatic heterocycles. The van der Waals surface area contributed by atoms with E-state index in [0.717, 1.165) is 11.8 Å². The largest absolute Gasteiger partial charge is 0.495 e. The Kier molecular flexibility index (Phi) is 3.42. The molecule has 2 aromatic heterocycles. The Morgan fingerprint density at radius 2 is 2.23 bits per heavy atom. The van der Waals surface area contributed by atoms with Crippen LogP contribution in [0.5, 0.6) is 5.75 Å². The van der Waals surface area contributed by atoms with Crippen LogP contribution in [0.1, 0.15) is 11.1 Å². The molecule has 0 amide bonds. The molecule has 1 aromatic carbocycles. The molecular formula is C16H13NO5. The van der Waals surface area contributed by atoms with Crippen molar-refractivity contribution in [1.29, 1.82) is 0 Å². The van der Waals surface area contributed by atoms with Crippen LogP contribution in [0.25, 0.3) is 21.9 Å². The van der Waals surface area contributed by atoms with Gasteiger partial charge in [0.1, 0.15) is 28.6 Å². The van der Waals surface area contributed by atoms with Gasteiger partial charge in [-0.1, -0.05) is 11.2 Å². The van der Waals surface area contributed by atoms with E-state index in [-0.39, 0.29) is 16.4 Å². The first-order valence-corrected chi connectivity index (χ1v) is 6.52. The summed E-state index contributed by atoms with van der Waals surface area (Å²) in [5.74, 6) is 0.369. The molecule has 6 heteroatoms. The second-order valence-electron chi connectivity index (χ2n) is 4.64. The molecule has 0 saturated carbocycles. The molecular weight excluding hydrogens is 286 g/mol. The van der Waals surface area contributed by atoms with E-state index in [9.17, 15) is 4.79 Å². The van der Waals surface area contributed by atoms with E-state index >= 15 is 0 Å². The van der Waals surface area contributed by atoms with Gasteiger partial charge in [-0.25, -0.2) is 0 Å². The summed E-state index contributed by atoms with van der Waals surface area (Å²) in [6, 6.07) is 1.73. The molecule has 0 fully saturated rings. The van der Waals surface area contributed by atoms with Gasteiger partial charge in [0.2, 0.25) is 5.43 Å². The molecule has 2 heterocycles. The van der Waals surface area contributed by atoms with Gasteiger partial charge < -0.3 is 18.8 Å². The quantitative estimate of drug-likeness (QED) is 0.346. The molecule has 1 N–H and O–H groups in total. The predicted octanol–water partition coefficient (Wildman–Crippen LogP) is 3.08. The van der Waals surface area contributed by atoms with Crippen LogP contribution >= 0.6 is 0 Å². The van der Waals surface area contributed by atoms with Crippen LogP contribution in [0.4, 0.5) is 0 Å². The average molecular weight is 299 g/mol. The Balaban J connectivity index is 2.57. The van der Waals surface area contributed by atoms with Gasteiger partial charge in [0.15, 0.2) is 0 Å². The maximum atomic E-state index is 12.6. The number of furan rings is 1. The fourth-order valence-corrected chi connectivity index (χ4v) is 2.56. The van der Waals surface area contributed by atoms with Crippen molar-refractivity contribution in [1.82, 2.24) is 0 Å². The Morgan fingerprint density at radius 1 is 1.41 bits per heavy atom. The lowest BCUT2D eigenvalue weighted by molar-refractivity contribution is 0.321.